The molecule has 8 heteroatoms. The Morgan fingerprint density at radius 3 is 2.68 bits per heavy atom. The summed E-state index contributed by atoms with van der Waals surface area (Å²) in [6, 6.07) is 9.40. The minimum absolute atomic E-state index is 0.149. The highest BCUT2D eigenvalue weighted by molar-refractivity contribution is 6.30. The third-order valence-electron chi connectivity index (χ3n) is 5.13. The number of benzene rings is 1. The summed E-state index contributed by atoms with van der Waals surface area (Å²) in [4.78, 5) is 30.1. The molecule has 0 spiro atoms. The molecule has 5 nitrogen and oxygen atoms in total. The molecule has 2 aromatic rings. The van der Waals surface area contributed by atoms with Gasteiger partial charge >= 0.3 is 0 Å². The number of ketones is 1. The Bertz CT molecular complexity index is 1060. The van der Waals surface area contributed by atoms with E-state index in [9.17, 15) is 18.4 Å². The second-order valence-electron chi connectivity index (χ2n) is 7.45. The normalized spacial score (nSPS) is 18.0. The van der Waals surface area contributed by atoms with E-state index in [2.05, 4.69) is 4.98 Å². The van der Waals surface area contributed by atoms with Gasteiger partial charge in [-0.05, 0) is 42.3 Å². The summed E-state index contributed by atoms with van der Waals surface area (Å²) in [6.45, 7) is 1.10. The predicted molar refractivity (Wildman–Crippen MR) is 113 cm³/mol. The van der Waals surface area contributed by atoms with Crippen LogP contribution in [-0.2, 0) is 4.79 Å². The van der Waals surface area contributed by atoms with Crippen molar-refractivity contribution in [3.63, 3.8) is 0 Å². The quantitative estimate of drug-likeness (QED) is 0.587. The van der Waals surface area contributed by atoms with E-state index in [1.165, 1.54) is 6.20 Å². The average molecular weight is 444 g/mol. The van der Waals surface area contributed by atoms with Gasteiger partial charge in [-0.1, -0.05) is 23.7 Å². The fraction of sp³-hybridized carbons (Fsp3) is 0.304. The van der Waals surface area contributed by atoms with Gasteiger partial charge in [0.05, 0.1) is 12.6 Å². The molecule has 0 bridgehead atoms. The number of aromatic nitrogens is 1. The largest absolute Gasteiger partial charge is 0.320 e. The van der Waals surface area contributed by atoms with Crippen molar-refractivity contribution in [3.05, 3.63) is 64.4 Å². The van der Waals surface area contributed by atoms with E-state index in [4.69, 9.17) is 16.9 Å². The molecule has 1 amide bonds. The summed E-state index contributed by atoms with van der Waals surface area (Å²) in [5.74, 6) is -4.01. The second kappa shape index (κ2) is 9.36. The molecule has 0 aliphatic carbocycles. The molecule has 1 aliphatic rings. The van der Waals surface area contributed by atoms with Gasteiger partial charge in [0.2, 0.25) is 5.91 Å². The maximum atomic E-state index is 13.6. The molecule has 0 unspecified atom stereocenters. The summed E-state index contributed by atoms with van der Waals surface area (Å²) in [6.07, 6.45) is 3.79. The van der Waals surface area contributed by atoms with Crippen molar-refractivity contribution < 1.29 is 18.4 Å². The van der Waals surface area contributed by atoms with Gasteiger partial charge in [-0.3, -0.25) is 14.6 Å². The number of amides is 1. The third kappa shape index (κ3) is 5.53. The van der Waals surface area contributed by atoms with Crippen LogP contribution in [0.5, 0.6) is 0 Å². The summed E-state index contributed by atoms with van der Waals surface area (Å²) >= 11 is 5.92. The van der Waals surface area contributed by atoms with Gasteiger partial charge in [-0.2, -0.15) is 5.26 Å². The number of hydrogen-bond acceptors (Lipinski definition) is 4. The van der Waals surface area contributed by atoms with Crippen LogP contribution in [0.15, 0.2) is 42.7 Å². The number of halogens is 3. The fourth-order valence-corrected chi connectivity index (χ4v) is 3.62. The maximum absolute atomic E-state index is 13.6. The number of likely N-dealkylation sites (tertiary alicyclic amines) is 1. The van der Waals surface area contributed by atoms with Gasteiger partial charge in [-0.15, -0.1) is 0 Å². The molecule has 0 saturated carbocycles. The minimum Gasteiger partial charge on any atom is -0.320 e. The van der Waals surface area contributed by atoms with Crippen molar-refractivity contribution in [2.75, 3.05) is 6.54 Å². The smallest absolute Gasteiger partial charge is 0.268 e. The first-order valence-electron chi connectivity index (χ1n) is 9.68. The Morgan fingerprint density at radius 1 is 1.29 bits per heavy atom. The van der Waals surface area contributed by atoms with Gasteiger partial charge in [0.1, 0.15) is 6.04 Å². The molecule has 1 fully saturated rings. The number of hydrogen-bond donors (Lipinski definition) is 0. The van der Waals surface area contributed by atoms with E-state index < -0.39 is 30.8 Å². The standard InChI is InChI=1S/C23H20ClF2N3O2/c1-15(16-2-4-18(24)5-3-16)10-17-13-28-9-8-20(17)21(30)6-7-22(31)29-14-23(25,26)11-19(29)12-27/h2-5,8-10,13,19H,6-7,11,14H2,1H3/b15-10+/t19-/m0/s1. The summed E-state index contributed by atoms with van der Waals surface area (Å²) < 4.78 is 27.1. The first kappa shape index (κ1) is 22.6. The summed E-state index contributed by atoms with van der Waals surface area (Å²) in [5.41, 5.74) is 2.81. The van der Waals surface area contributed by atoms with Crippen molar-refractivity contribution in [2.45, 2.75) is 38.2 Å². The number of carbonyl (C=O) groups excluding carboxylic acids is 2. The molecule has 1 saturated heterocycles. The Morgan fingerprint density at radius 2 is 2.00 bits per heavy atom. The Balaban J connectivity index is 1.72. The van der Waals surface area contributed by atoms with Crippen LogP contribution in [-0.4, -0.2) is 40.1 Å². The molecule has 0 radical (unpaired) electrons. The number of carbonyl (C=O) groups is 2. The van der Waals surface area contributed by atoms with Gasteiger partial charge in [0, 0.05) is 47.8 Å². The highest BCUT2D eigenvalue weighted by Crippen LogP contribution is 2.32. The lowest BCUT2D eigenvalue weighted by atomic mass is 9.98. The molecule has 160 valence electrons. The van der Waals surface area contributed by atoms with E-state index in [0.717, 1.165) is 16.0 Å². The lowest BCUT2D eigenvalue weighted by molar-refractivity contribution is -0.132. The number of nitriles is 1. The van der Waals surface area contributed by atoms with Crippen LogP contribution in [0.2, 0.25) is 5.02 Å². The van der Waals surface area contributed by atoms with E-state index in [0.29, 0.717) is 16.1 Å². The van der Waals surface area contributed by atoms with Crippen LogP contribution in [0.3, 0.4) is 0 Å². The van der Waals surface area contributed by atoms with E-state index in [1.54, 1.807) is 30.5 Å². The number of nitrogens with zero attached hydrogens (tertiary/aromatic N) is 3. The third-order valence-corrected chi connectivity index (χ3v) is 5.38. The maximum Gasteiger partial charge on any atom is 0.268 e. The van der Waals surface area contributed by atoms with Crippen LogP contribution in [0, 0.1) is 11.3 Å². The number of allylic oxidation sites excluding steroid dienone is 1. The monoisotopic (exact) mass is 443 g/mol. The zero-order valence-electron chi connectivity index (χ0n) is 16.8. The molecule has 1 aromatic carbocycles. The van der Waals surface area contributed by atoms with Crippen molar-refractivity contribution in [1.29, 1.82) is 5.26 Å². The SMILES string of the molecule is C/C(=C\c1cnccc1C(=O)CCC(=O)N1CC(F)(F)C[C@H]1C#N)c1ccc(Cl)cc1. The number of alkyl halides is 2. The average Bonchev–Trinajstić information content (AvgIpc) is 3.07. The molecule has 3 rings (SSSR count). The van der Waals surface area contributed by atoms with Crippen LogP contribution in [0.25, 0.3) is 11.6 Å². The summed E-state index contributed by atoms with van der Waals surface area (Å²) in [7, 11) is 0. The molecule has 1 aliphatic heterocycles. The minimum atomic E-state index is -3.08. The number of rotatable bonds is 6. The van der Waals surface area contributed by atoms with Gasteiger partial charge < -0.3 is 4.90 Å². The second-order valence-corrected chi connectivity index (χ2v) is 7.88. The van der Waals surface area contributed by atoms with Crippen LogP contribution in [0.4, 0.5) is 8.78 Å². The highest BCUT2D eigenvalue weighted by atomic mass is 35.5. The van der Waals surface area contributed by atoms with Crippen molar-refractivity contribution >= 4 is 34.9 Å². The van der Waals surface area contributed by atoms with Gasteiger partial charge in [0.15, 0.2) is 5.78 Å². The predicted octanol–water partition coefficient (Wildman–Crippen LogP) is 5.02. The van der Waals surface area contributed by atoms with E-state index in [-0.39, 0.29) is 18.6 Å². The molecular weight excluding hydrogens is 424 g/mol. The molecule has 2 heterocycles. The Kier molecular flexibility index (Phi) is 6.81. The number of pyridine rings is 1. The number of Topliss-reactive ketones (excluding diaryl/α,β-unsaturated/α-hetero) is 1. The Labute approximate surface area is 184 Å². The van der Waals surface area contributed by atoms with Crippen LogP contribution < -0.4 is 0 Å². The Hall–Kier alpha value is -3.11. The summed E-state index contributed by atoms with van der Waals surface area (Å²) in [5, 5.41) is 9.66. The molecular formula is C23H20ClF2N3O2. The fourth-order valence-electron chi connectivity index (χ4n) is 3.50. The zero-order valence-corrected chi connectivity index (χ0v) is 17.6. The van der Waals surface area contributed by atoms with Crippen LogP contribution in [0.1, 0.15) is 47.7 Å². The van der Waals surface area contributed by atoms with E-state index in [1.807, 2.05) is 25.1 Å². The molecule has 31 heavy (non-hydrogen) atoms. The zero-order chi connectivity index (χ0) is 22.6. The molecule has 1 aromatic heterocycles. The lowest BCUT2D eigenvalue weighted by Gasteiger charge is -2.18. The first-order valence-corrected chi connectivity index (χ1v) is 10.1. The lowest BCUT2D eigenvalue weighted by Crippen LogP contribution is -2.36. The van der Waals surface area contributed by atoms with E-state index >= 15 is 0 Å². The highest BCUT2D eigenvalue weighted by Gasteiger charge is 2.47. The first-order chi connectivity index (χ1) is 14.7. The molecule has 1 atom stereocenters. The van der Waals surface area contributed by atoms with Crippen LogP contribution >= 0.6 is 11.6 Å². The molecule has 0 N–H and O–H groups in total. The van der Waals surface area contributed by atoms with Gasteiger partial charge in [-0.25, -0.2) is 8.78 Å². The van der Waals surface area contributed by atoms with Crippen molar-refractivity contribution in [2.24, 2.45) is 0 Å². The van der Waals surface area contributed by atoms with Crippen molar-refractivity contribution in [1.82, 2.24) is 9.88 Å². The topological polar surface area (TPSA) is 74.1 Å². The van der Waals surface area contributed by atoms with Crippen molar-refractivity contribution in [3.8, 4) is 6.07 Å². The van der Waals surface area contributed by atoms with Gasteiger partial charge in [0.25, 0.3) is 5.92 Å².